The van der Waals surface area contributed by atoms with Crippen LogP contribution < -0.4 is 15.8 Å². The Labute approximate surface area is 132 Å². The first-order valence-electron chi connectivity index (χ1n) is 7.23. The molecule has 0 saturated carbocycles. The van der Waals surface area contributed by atoms with E-state index in [1.807, 2.05) is 50.3 Å². The van der Waals surface area contributed by atoms with Crippen LogP contribution in [0, 0.1) is 0 Å². The van der Waals surface area contributed by atoms with Gasteiger partial charge in [-0.3, -0.25) is 4.79 Å². The largest absolute Gasteiger partial charge is 0.497 e. The van der Waals surface area contributed by atoms with E-state index in [0.29, 0.717) is 22.7 Å². The van der Waals surface area contributed by atoms with E-state index in [2.05, 4.69) is 9.97 Å². The first-order valence-corrected chi connectivity index (χ1v) is 7.23. The van der Waals surface area contributed by atoms with E-state index in [1.54, 1.807) is 7.11 Å². The van der Waals surface area contributed by atoms with E-state index >= 15 is 0 Å². The van der Waals surface area contributed by atoms with Gasteiger partial charge < -0.3 is 14.1 Å². The Bertz CT molecular complexity index is 1100. The summed E-state index contributed by atoms with van der Waals surface area (Å²) in [6, 6.07) is 13.2. The van der Waals surface area contributed by atoms with Crippen molar-refractivity contribution < 1.29 is 9.15 Å². The van der Waals surface area contributed by atoms with Crippen molar-refractivity contribution in [3.8, 4) is 17.1 Å². The summed E-state index contributed by atoms with van der Waals surface area (Å²) >= 11 is 0. The van der Waals surface area contributed by atoms with Crippen molar-refractivity contribution in [1.29, 1.82) is 0 Å². The maximum absolute atomic E-state index is 12.4. The van der Waals surface area contributed by atoms with Crippen LogP contribution in [0.4, 0.5) is 0 Å². The number of hydrogen-bond acceptors (Lipinski definition) is 4. The maximum Gasteiger partial charge on any atom is 0.294 e. The zero-order valence-electron chi connectivity index (χ0n) is 12.7. The summed E-state index contributed by atoms with van der Waals surface area (Å²) in [5.74, 6) is 1.20. The van der Waals surface area contributed by atoms with Gasteiger partial charge in [0.1, 0.15) is 30.5 Å². The lowest BCUT2D eigenvalue weighted by molar-refractivity contribution is 0.415. The Morgan fingerprint density at radius 2 is 2.09 bits per heavy atom. The van der Waals surface area contributed by atoms with Gasteiger partial charge in [0.25, 0.3) is 5.56 Å². The Morgan fingerprint density at radius 3 is 2.91 bits per heavy atom. The predicted molar refractivity (Wildman–Crippen MR) is 92.3 cm³/mol. The number of nitrogens with zero attached hydrogens (tertiary/aromatic N) is 1. The van der Waals surface area contributed by atoms with Crippen LogP contribution in [0.2, 0.25) is 0 Å². The van der Waals surface area contributed by atoms with Crippen LogP contribution >= 0.6 is 0 Å². The number of rotatable bonds is 2. The second-order valence-electron chi connectivity index (χ2n) is 5.43. The van der Waals surface area contributed by atoms with Gasteiger partial charge in [-0.1, -0.05) is 29.7 Å². The Morgan fingerprint density at radius 1 is 1.22 bits per heavy atom. The topological polar surface area (TPSA) is 68.1 Å². The minimum absolute atomic E-state index is 0.247. The molecule has 0 aliphatic rings. The summed E-state index contributed by atoms with van der Waals surface area (Å²) in [6.07, 6.45) is 0. The Kier molecular flexibility index (Phi) is 2.97. The van der Waals surface area contributed by atoms with E-state index < -0.39 is 0 Å². The van der Waals surface area contributed by atoms with Crippen molar-refractivity contribution in [2.24, 2.45) is 0 Å². The van der Waals surface area contributed by atoms with Gasteiger partial charge in [-0.25, -0.2) is 4.98 Å². The van der Waals surface area contributed by atoms with Gasteiger partial charge in [-0.05, 0) is 18.2 Å². The minimum Gasteiger partial charge on any atom is -0.497 e. The molecule has 4 aromatic rings. The van der Waals surface area contributed by atoms with E-state index in [0.717, 1.165) is 16.4 Å². The summed E-state index contributed by atoms with van der Waals surface area (Å²) in [6.45, 7) is 0. The molecule has 2 heterocycles. The number of aromatic amines is 1. The molecule has 4 rings (SSSR count). The molecule has 2 aromatic carbocycles. The zero-order chi connectivity index (χ0) is 16.0. The highest BCUT2D eigenvalue weighted by molar-refractivity contribution is 6.33. The number of fused-ring (bicyclic) bond motifs is 3. The third-order valence-corrected chi connectivity index (χ3v) is 3.82. The maximum atomic E-state index is 12.4. The van der Waals surface area contributed by atoms with Crippen LogP contribution in [0.3, 0.4) is 0 Å². The molecular formula is C17H13BN2O3. The molecule has 0 aliphatic heterocycles. The van der Waals surface area contributed by atoms with Crippen molar-refractivity contribution in [2.75, 3.05) is 7.11 Å². The molecule has 0 unspecified atom stereocenters. The van der Waals surface area contributed by atoms with E-state index in [-0.39, 0.29) is 11.1 Å². The fraction of sp³-hybridized carbons (Fsp3) is 0.0588. The van der Waals surface area contributed by atoms with Crippen molar-refractivity contribution in [3.05, 3.63) is 52.8 Å². The second-order valence-corrected chi connectivity index (χ2v) is 5.43. The number of benzene rings is 2. The molecule has 0 fully saturated rings. The molecule has 112 valence electrons. The molecule has 2 aromatic heterocycles. The number of nitrogens with one attached hydrogen (secondary N) is 1. The predicted octanol–water partition coefficient (Wildman–Crippen LogP) is 1.60. The van der Waals surface area contributed by atoms with Crippen LogP contribution in [0.25, 0.3) is 33.5 Å². The monoisotopic (exact) mass is 304 g/mol. The minimum atomic E-state index is -0.290. The SMILES string of the molecule is Bc1ccc2oc3c(=O)[nH]c(-c4cccc(OC)c4)nc3c2c1. The van der Waals surface area contributed by atoms with E-state index in [9.17, 15) is 4.79 Å². The molecule has 0 spiro atoms. The van der Waals surface area contributed by atoms with Crippen molar-refractivity contribution in [2.45, 2.75) is 0 Å². The summed E-state index contributed by atoms with van der Waals surface area (Å²) in [5, 5.41) is 0.843. The summed E-state index contributed by atoms with van der Waals surface area (Å²) in [4.78, 5) is 19.7. The molecule has 0 saturated heterocycles. The Balaban J connectivity index is 2.03. The first-order chi connectivity index (χ1) is 11.2. The van der Waals surface area contributed by atoms with Crippen molar-refractivity contribution in [1.82, 2.24) is 9.97 Å². The normalized spacial score (nSPS) is 11.2. The average molecular weight is 304 g/mol. The molecule has 0 atom stereocenters. The number of ether oxygens (including phenoxy) is 1. The van der Waals surface area contributed by atoms with Crippen LogP contribution in [0.15, 0.2) is 51.7 Å². The molecule has 1 N–H and O–H groups in total. The van der Waals surface area contributed by atoms with Crippen LogP contribution in [0.1, 0.15) is 0 Å². The number of aromatic nitrogens is 2. The second kappa shape index (κ2) is 5.02. The third-order valence-electron chi connectivity index (χ3n) is 3.82. The van der Waals surface area contributed by atoms with Gasteiger partial charge in [-0.2, -0.15) is 0 Å². The molecule has 6 heteroatoms. The average Bonchev–Trinajstić information content (AvgIpc) is 2.93. The molecular weight excluding hydrogens is 291 g/mol. The summed E-state index contributed by atoms with van der Waals surface area (Å²) in [5.41, 5.74) is 3.06. The van der Waals surface area contributed by atoms with E-state index in [4.69, 9.17) is 9.15 Å². The molecule has 5 nitrogen and oxygen atoms in total. The first kappa shape index (κ1) is 13.6. The molecule has 0 aliphatic carbocycles. The summed E-state index contributed by atoms with van der Waals surface area (Å²) in [7, 11) is 3.60. The lowest BCUT2D eigenvalue weighted by Gasteiger charge is -2.03. The van der Waals surface area contributed by atoms with Gasteiger partial charge in [-0.15, -0.1) is 0 Å². The highest BCUT2D eigenvalue weighted by Crippen LogP contribution is 2.26. The number of H-pyrrole nitrogens is 1. The van der Waals surface area contributed by atoms with Crippen molar-refractivity contribution in [3.63, 3.8) is 0 Å². The van der Waals surface area contributed by atoms with Crippen LogP contribution in [-0.4, -0.2) is 24.9 Å². The molecule has 0 bridgehead atoms. The fourth-order valence-electron chi connectivity index (χ4n) is 2.67. The standard InChI is InChI=1S/C17H13BN2O3/c1-22-11-4-2-3-9(7-11)16-19-14-12-8-10(18)5-6-13(12)23-15(14)17(21)20-16/h2-8H,18H2,1H3,(H,19,20,21). The van der Waals surface area contributed by atoms with Gasteiger partial charge in [0.15, 0.2) is 0 Å². The highest BCUT2D eigenvalue weighted by atomic mass is 16.5. The smallest absolute Gasteiger partial charge is 0.294 e. The van der Waals surface area contributed by atoms with Gasteiger partial charge in [0.05, 0.1) is 7.11 Å². The van der Waals surface area contributed by atoms with Crippen LogP contribution in [0.5, 0.6) is 5.75 Å². The van der Waals surface area contributed by atoms with Gasteiger partial charge in [0, 0.05) is 10.9 Å². The highest BCUT2D eigenvalue weighted by Gasteiger charge is 2.14. The quantitative estimate of drug-likeness (QED) is 0.571. The van der Waals surface area contributed by atoms with E-state index in [1.165, 1.54) is 0 Å². The lowest BCUT2D eigenvalue weighted by atomic mass is 9.95. The van der Waals surface area contributed by atoms with Gasteiger partial charge >= 0.3 is 0 Å². The summed E-state index contributed by atoms with van der Waals surface area (Å²) < 4.78 is 10.9. The molecule has 0 amide bonds. The molecule has 0 radical (unpaired) electrons. The van der Waals surface area contributed by atoms with Crippen LogP contribution in [-0.2, 0) is 0 Å². The van der Waals surface area contributed by atoms with Gasteiger partial charge in [0.2, 0.25) is 5.58 Å². The number of methoxy groups -OCH3 is 1. The van der Waals surface area contributed by atoms with Crippen molar-refractivity contribution >= 4 is 35.4 Å². The fourth-order valence-corrected chi connectivity index (χ4v) is 2.67. The number of furan rings is 1. The molecule has 23 heavy (non-hydrogen) atoms. The third kappa shape index (κ3) is 2.19. The zero-order valence-corrected chi connectivity index (χ0v) is 12.7. The lowest BCUT2D eigenvalue weighted by Crippen LogP contribution is -2.08. The number of hydrogen-bond donors (Lipinski definition) is 1. The Hall–Kier alpha value is -3.02.